The summed E-state index contributed by atoms with van der Waals surface area (Å²) in [5, 5.41) is 30.7. The fourth-order valence-corrected chi connectivity index (χ4v) is 4.36. The average Bonchev–Trinajstić information content (AvgIpc) is 2.59. The summed E-state index contributed by atoms with van der Waals surface area (Å²) in [4.78, 5) is -0.739. The molecule has 0 saturated heterocycles. The molecule has 0 unspecified atom stereocenters. The lowest BCUT2D eigenvalue weighted by atomic mass is 10.1. The van der Waals surface area contributed by atoms with Crippen LogP contribution in [-0.4, -0.2) is 31.8 Å². The van der Waals surface area contributed by atoms with Gasteiger partial charge in [0.1, 0.15) is 23.3 Å². The van der Waals surface area contributed by atoms with E-state index in [-0.39, 0.29) is 32.0 Å². The van der Waals surface area contributed by atoms with Gasteiger partial charge in [-0.25, -0.2) is 8.42 Å². The Balaban J connectivity index is 2.95. The molecule has 0 saturated carbocycles. The van der Waals surface area contributed by atoms with E-state index in [1.165, 1.54) is 36.4 Å². The first kappa shape index (κ1) is 19.6. The van der Waals surface area contributed by atoms with Crippen LogP contribution in [0.1, 0.15) is 22.3 Å². The van der Waals surface area contributed by atoms with Gasteiger partial charge >= 0.3 is 0 Å². The molecule has 10 nitrogen and oxygen atoms in total. The van der Waals surface area contributed by atoms with E-state index >= 15 is 0 Å². The molecule has 2 rings (SSSR count). The monoisotopic (exact) mass is 386 g/mol. The Morgan fingerprint density at radius 3 is 1.22 bits per heavy atom. The van der Waals surface area contributed by atoms with Crippen molar-refractivity contribution in [3.8, 4) is 0 Å². The van der Waals surface area contributed by atoms with E-state index in [0.717, 1.165) is 0 Å². The summed E-state index contributed by atoms with van der Waals surface area (Å²) in [6, 6.07) is 7.88. The molecular formula is C16H18N8O2S. The predicted molar refractivity (Wildman–Crippen MR) is 102 cm³/mol. The Kier molecular flexibility index (Phi) is 4.99. The van der Waals surface area contributed by atoms with Crippen molar-refractivity contribution in [1.29, 1.82) is 21.6 Å². The Bertz CT molecular complexity index is 1020. The van der Waals surface area contributed by atoms with Gasteiger partial charge in [-0.2, -0.15) is 0 Å². The Labute approximate surface area is 155 Å². The number of nitrogens with two attached hydrogens (primary N) is 4. The van der Waals surface area contributed by atoms with Crippen LogP contribution in [0, 0.1) is 21.6 Å². The van der Waals surface area contributed by atoms with Crippen molar-refractivity contribution < 1.29 is 8.42 Å². The summed E-state index contributed by atoms with van der Waals surface area (Å²) in [5.41, 5.74) is 21.6. The summed E-state index contributed by atoms with van der Waals surface area (Å²) in [6.45, 7) is 0. The van der Waals surface area contributed by atoms with Crippen LogP contribution < -0.4 is 22.9 Å². The highest BCUT2D eigenvalue weighted by atomic mass is 32.2. The lowest BCUT2D eigenvalue weighted by molar-refractivity contribution is 0.595. The maximum atomic E-state index is 13.3. The molecule has 2 aromatic carbocycles. The normalized spacial score (nSPS) is 11.0. The van der Waals surface area contributed by atoms with Crippen molar-refractivity contribution in [2.24, 2.45) is 22.9 Å². The predicted octanol–water partition coefficient (Wildman–Crippen LogP) is -0.344. The lowest BCUT2D eigenvalue weighted by Gasteiger charge is -2.17. The van der Waals surface area contributed by atoms with Gasteiger partial charge in [0.25, 0.3) is 0 Å². The first-order valence-corrected chi connectivity index (χ1v) is 8.87. The Morgan fingerprint density at radius 1 is 0.630 bits per heavy atom. The molecule has 0 aliphatic heterocycles. The van der Waals surface area contributed by atoms with Crippen molar-refractivity contribution in [3.63, 3.8) is 0 Å². The number of hydrogen-bond acceptors (Lipinski definition) is 6. The van der Waals surface area contributed by atoms with Crippen molar-refractivity contribution in [1.82, 2.24) is 0 Å². The van der Waals surface area contributed by atoms with Crippen molar-refractivity contribution in [2.45, 2.75) is 9.79 Å². The van der Waals surface area contributed by atoms with Gasteiger partial charge in [-0.1, -0.05) is 24.3 Å². The molecule has 0 heterocycles. The van der Waals surface area contributed by atoms with Crippen LogP contribution in [0.5, 0.6) is 0 Å². The third-order valence-electron chi connectivity index (χ3n) is 3.75. The van der Waals surface area contributed by atoms with Gasteiger partial charge in [0.05, 0.1) is 9.79 Å². The standard InChI is InChI=1S/C16H18N8O2S/c17-13(18)7-3-1-5-9(11(7)15(21)22)27(25,26)10-6-2-4-8(14(19)20)12(10)16(23)24/h1-6H,(H3,17,18)(H3,19,20)(H3,21,22)(H3,23,24). The molecule has 0 atom stereocenters. The van der Waals surface area contributed by atoms with Gasteiger partial charge in [0.15, 0.2) is 0 Å². The van der Waals surface area contributed by atoms with Gasteiger partial charge in [-0.15, -0.1) is 0 Å². The molecule has 0 aliphatic rings. The van der Waals surface area contributed by atoms with Gasteiger partial charge < -0.3 is 22.9 Å². The zero-order valence-corrected chi connectivity index (χ0v) is 14.8. The molecule has 0 radical (unpaired) electrons. The molecular weight excluding hydrogens is 368 g/mol. The molecule has 0 spiro atoms. The van der Waals surface area contributed by atoms with Gasteiger partial charge in [0.2, 0.25) is 9.84 Å². The van der Waals surface area contributed by atoms with Gasteiger partial charge in [-0.05, 0) is 12.1 Å². The van der Waals surface area contributed by atoms with Crippen LogP contribution in [0.4, 0.5) is 0 Å². The molecule has 0 aliphatic carbocycles. The maximum Gasteiger partial charge on any atom is 0.208 e. The Hall–Kier alpha value is -3.73. The third kappa shape index (κ3) is 3.35. The van der Waals surface area contributed by atoms with Crippen molar-refractivity contribution in [2.75, 3.05) is 0 Å². The largest absolute Gasteiger partial charge is 0.384 e. The van der Waals surface area contributed by atoms with Gasteiger partial charge in [-0.3, -0.25) is 21.6 Å². The lowest BCUT2D eigenvalue weighted by Crippen LogP contribution is -2.26. The first-order chi connectivity index (χ1) is 12.5. The second-order valence-electron chi connectivity index (χ2n) is 5.52. The minimum Gasteiger partial charge on any atom is -0.384 e. The fourth-order valence-electron chi connectivity index (χ4n) is 2.63. The number of hydrogen-bond donors (Lipinski definition) is 8. The van der Waals surface area contributed by atoms with Crippen molar-refractivity contribution >= 4 is 33.2 Å². The van der Waals surface area contributed by atoms with Crippen LogP contribution in [-0.2, 0) is 9.84 Å². The van der Waals surface area contributed by atoms with E-state index in [1.54, 1.807) is 0 Å². The van der Waals surface area contributed by atoms with Crippen molar-refractivity contribution in [3.05, 3.63) is 58.7 Å². The first-order valence-electron chi connectivity index (χ1n) is 7.38. The molecule has 0 aromatic heterocycles. The van der Waals surface area contributed by atoms with E-state index in [2.05, 4.69) is 0 Å². The molecule has 0 fully saturated rings. The van der Waals surface area contributed by atoms with Crippen LogP contribution in [0.15, 0.2) is 46.2 Å². The smallest absolute Gasteiger partial charge is 0.208 e. The molecule has 140 valence electrons. The minimum atomic E-state index is -4.35. The highest BCUT2D eigenvalue weighted by Crippen LogP contribution is 2.29. The number of benzene rings is 2. The molecule has 0 amide bonds. The second kappa shape index (κ2) is 6.88. The fraction of sp³-hybridized carbons (Fsp3) is 0. The summed E-state index contributed by atoms with van der Waals surface area (Å²) >= 11 is 0. The highest BCUT2D eigenvalue weighted by molar-refractivity contribution is 7.91. The number of nitrogen functional groups attached to an aromatic ring is 4. The van der Waals surface area contributed by atoms with E-state index in [1.807, 2.05) is 0 Å². The quantitative estimate of drug-likeness (QED) is 0.244. The Morgan fingerprint density at radius 2 is 0.963 bits per heavy atom. The minimum absolute atomic E-state index is 0.0179. The molecule has 2 aromatic rings. The van der Waals surface area contributed by atoms with Gasteiger partial charge in [0, 0.05) is 22.3 Å². The number of nitrogens with one attached hydrogen (secondary N) is 4. The summed E-state index contributed by atoms with van der Waals surface area (Å²) in [5.74, 6) is -2.10. The zero-order valence-electron chi connectivity index (χ0n) is 14.0. The topological polar surface area (TPSA) is 234 Å². The molecule has 27 heavy (non-hydrogen) atoms. The van der Waals surface area contributed by atoms with Crippen LogP contribution in [0.2, 0.25) is 0 Å². The van der Waals surface area contributed by atoms with Crippen LogP contribution >= 0.6 is 0 Å². The number of sulfone groups is 1. The molecule has 12 N–H and O–H groups in total. The zero-order chi connectivity index (χ0) is 20.5. The maximum absolute atomic E-state index is 13.3. The van der Waals surface area contributed by atoms with E-state index in [0.29, 0.717) is 0 Å². The third-order valence-corrected chi connectivity index (χ3v) is 5.59. The highest BCUT2D eigenvalue weighted by Gasteiger charge is 2.29. The van der Waals surface area contributed by atoms with Crippen LogP contribution in [0.3, 0.4) is 0 Å². The summed E-state index contributed by atoms with van der Waals surface area (Å²) in [6.07, 6.45) is 0. The SMILES string of the molecule is N=C(N)c1cccc(S(=O)(=O)c2cccc(C(=N)N)c2C(=N)N)c1C(=N)N. The summed E-state index contributed by atoms with van der Waals surface area (Å²) in [7, 11) is -4.35. The van der Waals surface area contributed by atoms with E-state index < -0.39 is 33.2 Å². The van der Waals surface area contributed by atoms with E-state index in [9.17, 15) is 8.42 Å². The summed E-state index contributed by atoms with van der Waals surface area (Å²) < 4.78 is 26.6. The number of amidine groups is 4. The van der Waals surface area contributed by atoms with E-state index in [4.69, 9.17) is 44.6 Å². The molecule has 11 heteroatoms. The van der Waals surface area contributed by atoms with Crippen LogP contribution in [0.25, 0.3) is 0 Å². The average molecular weight is 386 g/mol. The molecule has 0 bridgehead atoms. The second-order valence-corrected chi connectivity index (χ2v) is 7.40. The number of rotatable bonds is 6.